The van der Waals surface area contributed by atoms with Crippen LogP contribution in [-0.2, 0) is 0 Å². The van der Waals surface area contributed by atoms with Gasteiger partial charge < -0.3 is 10.2 Å². The maximum Gasteiger partial charge on any atom is 0.139 e. The number of fused-ring (bicyclic) bond motifs is 1. The van der Waals surface area contributed by atoms with Gasteiger partial charge in [0.05, 0.1) is 5.52 Å². The van der Waals surface area contributed by atoms with E-state index in [-0.39, 0.29) is 5.54 Å². The Labute approximate surface area is 114 Å². The second-order valence-electron chi connectivity index (χ2n) is 5.81. The van der Waals surface area contributed by atoms with Crippen LogP contribution in [0.4, 0.5) is 5.82 Å². The molecule has 4 nitrogen and oxygen atoms in total. The smallest absolute Gasteiger partial charge is 0.139 e. The molecule has 0 amide bonds. The Bertz CT molecular complexity index is 540. The maximum atomic E-state index is 4.41. The number of nitrogens with zero attached hydrogens (tertiary/aromatic N) is 3. The second kappa shape index (κ2) is 5.53. The number of benzene rings is 1. The summed E-state index contributed by atoms with van der Waals surface area (Å²) >= 11 is 0. The lowest BCUT2D eigenvalue weighted by Gasteiger charge is -2.24. The maximum absolute atomic E-state index is 4.41. The number of hydrogen-bond acceptors (Lipinski definition) is 4. The fourth-order valence-corrected chi connectivity index (χ4v) is 2.00. The van der Waals surface area contributed by atoms with E-state index in [1.54, 1.807) is 6.33 Å². The summed E-state index contributed by atoms with van der Waals surface area (Å²) in [5.74, 6) is 0.987. The fraction of sp³-hybridized carbons (Fsp3) is 0.467. The van der Waals surface area contributed by atoms with Gasteiger partial charge in [-0.15, -0.1) is 0 Å². The van der Waals surface area contributed by atoms with Gasteiger partial charge in [0.15, 0.2) is 0 Å². The molecule has 1 aromatic carbocycles. The van der Waals surface area contributed by atoms with E-state index in [0.717, 1.165) is 29.8 Å². The van der Waals surface area contributed by atoms with Crippen LogP contribution in [0.15, 0.2) is 30.6 Å². The summed E-state index contributed by atoms with van der Waals surface area (Å²) in [5, 5.41) is 4.59. The lowest BCUT2D eigenvalue weighted by Crippen LogP contribution is -2.40. The van der Waals surface area contributed by atoms with Gasteiger partial charge in [-0.1, -0.05) is 12.1 Å². The third-order valence-electron chi connectivity index (χ3n) is 2.99. The van der Waals surface area contributed by atoms with Gasteiger partial charge >= 0.3 is 0 Å². The molecule has 2 rings (SSSR count). The van der Waals surface area contributed by atoms with Crippen LogP contribution in [0.3, 0.4) is 0 Å². The number of hydrogen-bond donors (Lipinski definition) is 1. The Morgan fingerprint density at radius 3 is 2.63 bits per heavy atom. The average molecular weight is 258 g/mol. The third kappa shape index (κ3) is 3.64. The zero-order valence-electron chi connectivity index (χ0n) is 12.1. The first-order valence-electron chi connectivity index (χ1n) is 6.63. The number of rotatable bonds is 4. The molecule has 0 saturated carbocycles. The van der Waals surface area contributed by atoms with E-state index in [2.05, 4.69) is 54.1 Å². The van der Waals surface area contributed by atoms with Crippen molar-refractivity contribution < 1.29 is 0 Å². The predicted octanol–water partition coefficient (Wildman–Crippen LogP) is 2.45. The summed E-state index contributed by atoms with van der Waals surface area (Å²) in [6.07, 6.45) is 1.63. The van der Waals surface area contributed by atoms with Crippen molar-refractivity contribution in [3.05, 3.63) is 30.6 Å². The molecule has 0 spiro atoms. The van der Waals surface area contributed by atoms with Crippen LogP contribution in [0.1, 0.15) is 20.8 Å². The standard InChI is InChI=1S/C15H22N4/c1-15(2,3)18-9-10-19(4)14-12-7-5-6-8-13(12)16-11-17-14/h5-8,11,18H,9-10H2,1-4H3. The molecule has 4 heteroatoms. The van der Waals surface area contributed by atoms with Gasteiger partial charge in [-0.25, -0.2) is 9.97 Å². The topological polar surface area (TPSA) is 41.0 Å². The van der Waals surface area contributed by atoms with E-state index in [4.69, 9.17) is 0 Å². The molecule has 0 bridgehead atoms. The average Bonchev–Trinajstić information content (AvgIpc) is 2.36. The third-order valence-corrected chi connectivity index (χ3v) is 2.99. The van der Waals surface area contributed by atoms with Crippen molar-refractivity contribution in [1.82, 2.24) is 15.3 Å². The van der Waals surface area contributed by atoms with Crippen molar-refractivity contribution in [2.75, 3.05) is 25.0 Å². The Kier molecular flexibility index (Phi) is 4.00. The van der Waals surface area contributed by atoms with E-state index in [9.17, 15) is 0 Å². The Morgan fingerprint density at radius 2 is 1.89 bits per heavy atom. The normalized spacial score (nSPS) is 11.8. The molecule has 0 atom stereocenters. The van der Waals surface area contributed by atoms with Crippen molar-refractivity contribution in [1.29, 1.82) is 0 Å². The summed E-state index contributed by atoms with van der Waals surface area (Å²) in [6, 6.07) is 8.11. The number of likely N-dealkylation sites (N-methyl/N-ethyl adjacent to an activating group) is 1. The lowest BCUT2D eigenvalue weighted by atomic mass is 10.1. The van der Waals surface area contributed by atoms with E-state index in [1.165, 1.54) is 0 Å². The van der Waals surface area contributed by atoms with Crippen molar-refractivity contribution >= 4 is 16.7 Å². The Morgan fingerprint density at radius 1 is 1.16 bits per heavy atom. The minimum Gasteiger partial charge on any atom is -0.358 e. The van der Waals surface area contributed by atoms with Crippen LogP contribution in [0, 0.1) is 0 Å². The minimum atomic E-state index is 0.147. The summed E-state index contributed by atoms with van der Waals surface area (Å²) < 4.78 is 0. The molecule has 0 unspecified atom stereocenters. The molecule has 19 heavy (non-hydrogen) atoms. The lowest BCUT2D eigenvalue weighted by molar-refractivity contribution is 0.430. The largest absolute Gasteiger partial charge is 0.358 e. The molecule has 0 aliphatic heterocycles. The van der Waals surface area contributed by atoms with E-state index in [0.29, 0.717) is 0 Å². The minimum absolute atomic E-state index is 0.147. The van der Waals surface area contributed by atoms with Gasteiger partial charge in [0.2, 0.25) is 0 Å². The molecule has 0 radical (unpaired) electrons. The molecule has 102 valence electrons. The van der Waals surface area contributed by atoms with Crippen LogP contribution in [0.25, 0.3) is 10.9 Å². The molecule has 0 fully saturated rings. The Balaban J connectivity index is 2.11. The van der Waals surface area contributed by atoms with Crippen molar-refractivity contribution in [2.24, 2.45) is 0 Å². The monoisotopic (exact) mass is 258 g/mol. The zero-order valence-corrected chi connectivity index (χ0v) is 12.1. The van der Waals surface area contributed by atoms with E-state index >= 15 is 0 Å². The molecule has 1 heterocycles. The van der Waals surface area contributed by atoms with Gasteiger partial charge in [-0.2, -0.15) is 0 Å². The first-order chi connectivity index (χ1) is 8.97. The Hall–Kier alpha value is -1.68. The van der Waals surface area contributed by atoms with Crippen LogP contribution in [0.2, 0.25) is 0 Å². The summed E-state index contributed by atoms with van der Waals surface area (Å²) in [6.45, 7) is 8.36. The van der Waals surface area contributed by atoms with Gasteiger partial charge in [0, 0.05) is 31.1 Å². The highest BCUT2D eigenvalue weighted by atomic mass is 15.2. The molecule has 2 aromatic rings. The predicted molar refractivity (Wildman–Crippen MR) is 80.6 cm³/mol. The number of aromatic nitrogens is 2. The van der Waals surface area contributed by atoms with Crippen molar-refractivity contribution in [2.45, 2.75) is 26.3 Å². The van der Waals surface area contributed by atoms with E-state index < -0.39 is 0 Å². The first-order valence-corrected chi connectivity index (χ1v) is 6.63. The van der Waals surface area contributed by atoms with Crippen LogP contribution in [-0.4, -0.2) is 35.6 Å². The van der Waals surface area contributed by atoms with Gasteiger partial charge in [-0.05, 0) is 32.9 Å². The molecule has 0 aliphatic rings. The summed E-state index contributed by atoms with van der Waals surface area (Å²) in [7, 11) is 2.07. The van der Waals surface area contributed by atoms with E-state index in [1.807, 2.05) is 18.2 Å². The highest BCUT2D eigenvalue weighted by molar-refractivity contribution is 5.89. The molecule has 0 aliphatic carbocycles. The number of anilines is 1. The first kappa shape index (κ1) is 13.7. The summed E-state index contributed by atoms with van der Waals surface area (Å²) in [4.78, 5) is 10.9. The van der Waals surface area contributed by atoms with Gasteiger partial charge in [0.1, 0.15) is 12.1 Å². The van der Waals surface area contributed by atoms with Crippen LogP contribution < -0.4 is 10.2 Å². The fourth-order valence-electron chi connectivity index (χ4n) is 2.00. The number of para-hydroxylation sites is 1. The molecular formula is C15H22N4. The van der Waals surface area contributed by atoms with Crippen molar-refractivity contribution in [3.8, 4) is 0 Å². The molecule has 1 N–H and O–H groups in total. The van der Waals surface area contributed by atoms with Crippen molar-refractivity contribution in [3.63, 3.8) is 0 Å². The highest BCUT2D eigenvalue weighted by Crippen LogP contribution is 2.20. The van der Waals surface area contributed by atoms with Gasteiger partial charge in [-0.3, -0.25) is 0 Å². The molecule has 1 aromatic heterocycles. The molecule has 0 saturated heterocycles. The second-order valence-corrected chi connectivity index (χ2v) is 5.81. The zero-order chi connectivity index (χ0) is 13.9. The highest BCUT2D eigenvalue weighted by Gasteiger charge is 2.11. The number of nitrogens with one attached hydrogen (secondary N) is 1. The molecular weight excluding hydrogens is 236 g/mol. The quantitative estimate of drug-likeness (QED) is 0.914. The summed E-state index contributed by atoms with van der Waals surface area (Å²) in [5.41, 5.74) is 1.14. The van der Waals surface area contributed by atoms with Crippen LogP contribution >= 0.6 is 0 Å². The van der Waals surface area contributed by atoms with Crippen LogP contribution in [0.5, 0.6) is 0 Å². The SMILES string of the molecule is CN(CCNC(C)(C)C)c1ncnc2ccccc12. The van der Waals surface area contributed by atoms with Gasteiger partial charge in [0.25, 0.3) is 0 Å².